The van der Waals surface area contributed by atoms with Crippen LogP contribution < -0.4 is 16.0 Å². The van der Waals surface area contributed by atoms with Crippen molar-refractivity contribution in [1.29, 1.82) is 0 Å². The van der Waals surface area contributed by atoms with E-state index in [2.05, 4.69) is 41.4 Å². The molecule has 110 valence electrons. The summed E-state index contributed by atoms with van der Waals surface area (Å²) in [4.78, 5) is 14.3. The molecule has 1 aliphatic rings. The normalized spacial score (nSPS) is 16.9. The molecule has 1 aromatic rings. The molecule has 0 spiro atoms. The van der Waals surface area contributed by atoms with Gasteiger partial charge in [0.2, 0.25) is 5.91 Å². The molecule has 0 saturated carbocycles. The fourth-order valence-corrected chi connectivity index (χ4v) is 2.60. The molecule has 4 heteroatoms. The number of nitrogens with one attached hydrogen (secondary N) is 1. The molecule has 0 aliphatic carbocycles. The molecule has 0 bridgehead atoms. The SMILES string of the molecule is CC(C)[C@H](N)C(=O)NCC(C)N1CCc2ccccc21. The number of anilines is 1. The van der Waals surface area contributed by atoms with Gasteiger partial charge in [-0.05, 0) is 30.9 Å². The van der Waals surface area contributed by atoms with E-state index in [-0.39, 0.29) is 17.9 Å². The fourth-order valence-electron chi connectivity index (χ4n) is 2.60. The molecule has 0 aromatic heterocycles. The van der Waals surface area contributed by atoms with E-state index in [1.165, 1.54) is 11.3 Å². The quantitative estimate of drug-likeness (QED) is 0.857. The largest absolute Gasteiger partial charge is 0.366 e. The second-order valence-corrected chi connectivity index (χ2v) is 5.94. The van der Waals surface area contributed by atoms with Crippen molar-refractivity contribution in [1.82, 2.24) is 5.32 Å². The number of nitrogens with two attached hydrogens (primary N) is 1. The minimum atomic E-state index is -0.423. The first-order valence-corrected chi connectivity index (χ1v) is 7.38. The highest BCUT2D eigenvalue weighted by molar-refractivity contribution is 5.81. The number of para-hydroxylation sites is 1. The van der Waals surface area contributed by atoms with Crippen LogP contribution in [0.4, 0.5) is 5.69 Å². The zero-order chi connectivity index (χ0) is 14.7. The predicted octanol–water partition coefficient (Wildman–Crippen LogP) is 1.54. The Labute approximate surface area is 121 Å². The highest BCUT2D eigenvalue weighted by Crippen LogP contribution is 2.28. The molecule has 0 saturated heterocycles. The average Bonchev–Trinajstić information content (AvgIpc) is 2.87. The third kappa shape index (κ3) is 3.12. The summed E-state index contributed by atoms with van der Waals surface area (Å²) in [6.07, 6.45) is 1.08. The van der Waals surface area contributed by atoms with Gasteiger partial charge in [-0.2, -0.15) is 0 Å². The van der Waals surface area contributed by atoms with Gasteiger partial charge in [-0.15, -0.1) is 0 Å². The maximum absolute atomic E-state index is 11.9. The van der Waals surface area contributed by atoms with E-state index in [1.807, 2.05) is 13.8 Å². The summed E-state index contributed by atoms with van der Waals surface area (Å²) in [6, 6.07) is 8.33. The molecule has 4 nitrogen and oxygen atoms in total. The van der Waals surface area contributed by atoms with Crippen molar-refractivity contribution in [2.24, 2.45) is 11.7 Å². The fraction of sp³-hybridized carbons (Fsp3) is 0.562. The van der Waals surface area contributed by atoms with Crippen molar-refractivity contribution >= 4 is 11.6 Å². The van der Waals surface area contributed by atoms with Crippen molar-refractivity contribution in [3.63, 3.8) is 0 Å². The van der Waals surface area contributed by atoms with E-state index in [0.29, 0.717) is 6.54 Å². The maximum atomic E-state index is 11.9. The van der Waals surface area contributed by atoms with Gasteiger partial charge >= 0.3 is 0 Å². The molecule has 1 aliphatic heterocycles. The Kier molecular flexibility index (Phi) is 4.65. The van der Waals surface area contributed by atoms with Gasteiger partial charge in [0.05, 0.1) is 6.04 Å². The lowest BCUT2D eigenvalue weighted by Gasteiger charge is -2.28. The van der Waals surface area contributed by atoms with Gasteiger partial charge in [-0.25, -0.2) is 0 Å². The average molecular weight is 275 g/mol. The van der Waals surface area contributed by atoms with Crippen LogP contribution in [-0.2, 0) is 11.2 Å². The number of benzene rings is 1. The first-order valence-electron chi connectivity index (χ1n) is 7.38. The van der Waals surface area contributed by atoms with Crippen molar-refractivity contribution in [3.05, 3.63) is 29.8 Å². The molecule has 20 heavy (non-hydrogen) atoms. The molecule has 0 radical (unpaired) electrons. The van der Waals surface area contributed by atoms with Gasteiger partial charge in [0.1, 0.15) is 0 Å². The smallest absolute Gasteiger partial charge is 0.237 e. The van der Waals surface area contributed by atoms with Gasteiger partial charge in [0, 0.05) is 24.8 Å². The van der Waals surface area contributed by atoms with Crippen molar-refractivity contribution < 1.29 is 4.79 Å². The molecular formula is C16H25N3O. The number of carbonyl (C=O) groups excluding carboxylic acids is 1. The number of carbonyl (C=O) groups is 1. The number of hydrogen-bond donors (Lipinski definition) is 2. The predicted molar refractivity (Wildman–Crippen MR) is 82.8 cm³/mol. The van der Waals surface area contributed by atoms with Gasteiger partial charge < -0.3 is 16.0 Å². The summed E-state index contributed by atoms with van der Waals surface area (Å²) in [5.41, 5.74) is 8.54. The summed E-state index contributed by atoms with van der Waals surface area (Å²) < 4.78 is 0. The minimum Gasteiger partial charge on any atom is -0.366 e. The Morgan fingerprint density at radius 3 is 2.75 bits per heavy atom. The molecule has 3 N–H and O–H groups in total. The van der Waals surface area contributed by atoms with Gasteiger partial charge in [-0.1, -0.05) is 32.0 Å². The van der Waals surface area contributed by atoms with Crippen LogP contribution in [0.3, 0.4) is 0 Å². The van der Waals surface area contributed by atoms with Gasteiger partial charge in [-0.3, -0.25) is 4.79 Å². The van der Waals surface area contributed by atoms with E-state index in [1.54, 1.807) is 0 Å². The van der Waals surface area contributed by atoms with Crippen LogP contribution in [0, 0.1) is 5.92 Å². The van der Waals surface area contributed by atoms with Gasteiger partial charge in [0.15, 0.2) is 0 Å². The Morgan fingerprint density at radius 1 is 1.35 bits per heavy atom. The number of hydrogen-bond acceptors (Lipinski definition) is 3. The Bertz CT molecular complexity index is 473. The molecular weight excluding hydrogens is 250 g/mol. The van der Waals surface area contributed by atoms with E-state index in [0.717, 1.165) is 13.0 Å². The van der Waals surface area contributed by atoms with Crippen molar-refractivity contribution in [2.45, 2.75) is 39.3 Å². The first kappa shape index (κ1) is 14.9. The number of fused-ring (bicyclic) bond motifs is 1. The number of rotatable bonds is 5. The molecule has 2 rings (SSSR count). The second kappa shape index (κ2) is 6.27. The molecule has 1 amide bonds. The Morgan fingerprint density at radius 2 is 2.05 bits per heavy atom. The summed E-state index contributed by atoms with van der Waals surface area (Å²) in [7, 11) is 0. The second-order valence-electron chi connectivity index (χ2n) is 5.94. The highest BCUT2D eigenvalue weighted by Gasteiger charge is 2.24. The van der Waals surface area contributed by atoms with E-state index in [4.69, 9.17) is 5.73 Å². The number of amides is 1. The maximum Gasteiger partial charge on any atom is 0.237 e. The highest BCUT2D eigenvalue weighted by atomic mass is 16.2. The van der Waals surface area contributed by atoms with Crippen LogP contribution in [0.15, 0.2) is 24.3 Å². The van der Waals surface area contributed by atoms with Crippen LogP contribution >= 0.6 is 0 Å². The van der Waals surface area contributed by atoms with Crippen LogP contribution in [0.2, 0.25) is 0 Å². The van der Waals surface area contributed by atoms with Crippen LogP contribution in [0.25, 0.3) is 0 Å². The Hall–Kier alpha value is -1.55. The molecule has 1 unspecified atom stereocenters. The third-order valence-corrected chi connectivity index (χ3v) is 4.05. The number of nitrogens with zero attached hydrogens (tertiary/aromatic N) is 1. The van der Waals surface area contributed by atoms with Crippen LogP contribution in [0.1, 0.15) is 26.3 Å². The van der Waals surface area contributed by atoms with E-state index in [9.17, 15) is 4.79 Å². The summed E-state index contributed by atoms with van der Waals surface area (Å²) in [5, 5.41) is 2.97. The van der Waals surface area contributed by atoms with E-state index < -0.39 is 6.04 Å². The lowest BCUT2D eigenvalue weighted by Crippen LogP contribution is -2.48. The van der Waals surface area contributed by atoms with Crippen LogP contribution in [-0.4, -0.2) is 31.1 Å². The van der Waals surface area contributed by atoms with Crippen molar-refractivity contribution in [2.75, 3.05) is 18.0 Å². The summed E-state index contributed by atoms with van der Waals surface area (Å²) >= 11 is 0. The first-order chi connectivity index (χ1) is 9.50. The zero-order valence-electron chi connectivity index (χ0n) is 12.6. The zero-order valence-corrected chi connectivity index (χ0v) is 12.6. The molecule has 1 aromatic carbocycles. The standard InChI is InChI=1S/C16H25N3O/c1-11(2)15(17)16(20)18-10-12(3)19-9-8-13-6-4-5-7-14(13)19/h4-7,11-12,15H,8-10,17H2,1-3H3,(H,18,20)/t12?,15-/m0/s1. The lowest BCUT2D eigenvalue weighted by atomic mass is 10.0. The third-order valence-electron chi connectivity index (χ3n) is 4.05. The molecule has 1 heterocycles. The minimum absolute atomic E-state index is 0.0562. The molecule has 2 atom stereocenters. The lowest BCUT2D eigenvalue weighted by molar-refractivity contribution is -0.123. The summed E-state index contributed by atoms with van der Waals surface area (Å²) in [5.74, 6) is 0.108. The monoisotopic (exact) mass is 275 g/mol. The Balaban J connectivity index is 1.91. The van der Waals surface area contributed by atoms with Crippen LogP contribution in [0.5, 0.6) is 0 Å². The van der Waals surface area contributed by atoms with E-state index >= 15 is 0 Å². The molecule has 0 fully saturated rings. The topological polar surface area (TPSA) is 58.4 Å². The summed E-state index contributed by atoms with van der Waals surface area (Å²) in [6.45, 7) is 7.72. The van der Waals surface area contributed by atoms with Crippen molar-refractivity contribution in [3.8, 4) is 0 Å². The van der Waals surface area contributed by atoms with Gasteiger partial charge in [0.25, 0.3) is 0 Å².